The maximum Gasteiger partial charge on any atom is 0.223 e. The predicted molar refractivity (Wildman–Crippen MR) is 90.0 cm³/mol. The molecule has 0 radical (unpaired) electrons. The third kappa shape index (κ3) is 2.58. The third-order valence-corrected chi connectivity index (χ3v) is 5.80. The first-order valence-corrected chi connectivity index (χ1v) is 8.33. The summed E-state index contributed by atoms with van der Waals surface area (Å²) in [6, 6.07) is 2.19. The summed E-state index contributed by atoms with van der Waals surface area (Å²) in [6.07, 6.45) is 4.79. The summed E-state index contributed by atoms with van der Waals surface area (Å²) in [5.41, 5.74) is 6.11. The van der Waals surface area contributed by atoms with Crippen molar-refractivity contribution in [1.29, 1.82) is 0 Å². The number of hydrogen-bond acceptors (Lipinski definition) is 6. The fourth-order valence-corrected chi connectivity index (χ4v) is 3.89. The summed E-state index contributed by atoms with van der Waals surface area (Å²) in [4.78, 5) is 13.4. The molecule has 0 unspecified atom stereocenters. The molecule has 1 saturated carbocycles. The molecule has 21 heavy (non-hydrogen) atoms. The van der Waals surface area contributed by atoms with Gasteiger partial charge in [-0.3, -0.25) is 0 Å². The van der Waals surface area contributed by atoms with Gasteiger partial charge in [0, 0.05) is 17.0 Å². The average molecular weight is 305 g/mol. The largest absolute Gasteiger partial charge is 0.368 e. The molecule has 0 bridgehead atoms. The molecule has 0 aliphatic heterocycles. The Kier molecular flexibility index (Phi) is 3.75. The zero-order valence-corrected chi connectivity index (χ0v) is 13.8. The van der Waals surface area contributed by atoms with Crippen LogP contribution >= 0.6 is 11.3 Å². The van der Waals surface area contributed by atoms with Gasteiger partial charge in [0.05, 0.1) is 5.39 Å². The molecule has 5 nitrogen and oxygen atoms in total. The third-order valence-electron chi connectivity index (χ3n) is 4.63. The lowest BCUT2D eigenvalue weighted by Crippen LogP contribution is -2.54. The molecule has 0 atom stereocenters. The SMILES string of the molecule is CCc1cc2c(NCC3(N(C)C)CCC3)nc(N)nc2s1. The average Bonchev–Trinajstić information content (AvgIpc) is 2.79. The molecule has 1 aliphatic rings. The van der Waals surface area contributed by atoms with Crippen LogP contribution in [-0.2, 0) is 6.42 Å². The number of hydrogen-bond donors (Lipinski definition) is 2. The zero-order chi connectivity index (χ0) is 15.0. The van der Waals surface area contributed by atoms with E-state index in [2.05, 4.69) is 47.3 Å². The minimum atomic E-state index is 0.260. The van der Waals surface area contributed by atoms with Crippen LogP contribution in [-0.4, -0.2) is 41.0 Å². The van der Waals surface area contributed by atoms with Crippen LogP contribution in [0, 0.1) is 0 Å². The highest BCUT2D eigenvalue weighted by Crippen LogP contribution is 2.37. The second-order valence-electron chi connectivity index (χ2n) is 6.04. The Morgan fingerprint density at radius 1 is 1.38 bits per heavy atom. The summed E-state index contributed by atoms with van der Waals surface area (Å²) < 4.78 is 0. The zero-order valence-electron chi connectivity index (χ0n) is 12.9. The number of rotatable bonds is 5. The van der Waals surface area contributed by atoms with Gasteiger partial charge in [-0.2, -0.15) is 4.98 Å². The standard InChI is InChI=1S/C15H23N5S/c1-4-10-8-11-12(18-14(16)19-13(11)21-10)17-9-15(20(2)3)6-5-7-15/h8H,4-7,9H2,1-3H3,(H3,16,17,18,19). The number of aryl methyl sites for hydroxylation is 1. The van der Waals surface area contributed by atoms with Crippen molar-refractivity contribution in [1.82, 2.24) is 14.9 Å². The number of nitrogen functional groups attached to an aromatic ring is 1. The number of thiophene rings is 1. The Morgan fingerprint density at radius 2 is 2.14 bits per heavy atom. The van der Waals surface area contributed by atoms with Crippen molar-refractivity contribution < 1.29 is 0 Å². The van der Waals surface area contributed by atoms with E-state index >= 15 is 0 Å². The van der Waals surface area contributed by atoms with Crippen molar-refractivity contribution in [2.45, 2.75) is 38.1 Å². The molecule has 0 aromatic carbocycles. The van der Waals surface area contributed by atoms with Crippen LogP contribution in [0.3, 0.4) is 0 Å². The van der Waals surface area contributed by atoms with E-state index in [-0.39, 0.29) is 5.54 Å². The van der Waals surface area contributed by atoms with Crippen molar-refractivity contribution in [2.75, 3.05) is 31.7 Å². The Hall–Kier alpha value is -1.40. The maximum atomic E-state index is 5.86. The molecule has 2 aromatic heterocycles. The number of aromatic nitrogens is 2. The van der Waals surface area contributed by atoms with E-state index < -0.39 is 0 Å². The van der Waals surface area contributed by atoms with Gasteiger partial charge in [0.25, 0.3) is 0 Å². The van der Waals surface area contributed by atoms with Crippen LogP contribution in [0.15, 0.2) is 6.07 Å². The smallest absolute Gasteiger partial charge is 0.223 e. The van der Waals surface area contributed by atoms with Gasteiger partial charge in [-0.15, -0.1) is 11.3 Å². The van der Waals surface area contributed by atoms with Crippen molar-refractivity contribution in [3.05, 3.63) is 10.9 Å². The maximum absolute atomic E-state index is 5.86. The Bertz CT molecular complexity index is 645. The molecule has 0 spiro atoms. The van der Waals surface area contributed by atoms with Crippen LogP contribution in [0.4, 0.5) is 11.8 Å². The molecule has 3 rings (SSSR count). The molecular formula is C15H23N5S. The van der Waals surface area contributed by atoms with Crippen molar-refractivity contribution in [2.24, 2.45) is 0 Å². The molecule has 3 N–H and O–H groups in total. The number of anilines is 2. The predicted octanol–water partition coefficient (Wildman–Crippen LogP) is 2.73. The summed E-state index contributed by atoms with van der Waals surface area (Å²) in [6.45, 7) is 3.06. The minimum Gasteiger partial charge on any atom is -0.368 e. The van der Waals surface area contributed by atoms with Gasteiger partial charge in [0.15, 0.2) is 0 Å². The Morgan fingerprint density at radius 3 is 2.71 bits per heavy atom. The van der Waals surface area contributed by atoms with Crippen LogP contribution < -0.4 is 11.1 Å². The summed E-state index contributed by atoms with van der Waals surface area (Å²) in [5, 5.41) is 4.62. The fraction of sp³-hybridized carbons (Fsp3) is 0.600. The number of likely N-dealkylation sites (N-methyl/N-ethyl adjacent to an activating group) is 1. The summed E-state index contributed by atoms with van der Waals surface area (Å²) in [7, 11) is 4.31. The monoisotopic (exact) mass is 305 g/mol. The second-order valence-corrected chi connectivity index (χ2v) is 7.16. The lowest BCUT2D eigenvalue weighted by atomic mass is 9.75. The molecular weight excluding hydrogens is 282 g/mol. The highest BCUT2D eigenvalue weighted by Gasteiger charge is 2.38. The van der Waals surface area contributed by atoms with E-state index in [4.69, 9.17) is 5.73 Å². The van der Waals surface area contributed by atoms with Crippen LogP contribution in [0.25, 0.3) is 10.2 Å². The van der Waals surface area contributed by atoms with Gasteiger partial charge in [-0.1, -0.05) is 6.92 Å². The normalized spacial score (nSPS) is 17.1. The Balaban J connectivity index is 1.87. The summed E-state index contributed by atoms with van der Waals surface area (Å²) in [5.74, 6) is 1.23. The first kappa shape index (κ1) is 14.5. The van der Waals surface area contributed by atoms with E-state index in [0.717, 1.165) is 29.0 Å². The van der Waals surface area contributed by atoms with E-state index in [1.807, 2.05) is 0 Å². The molecule has 1 fully saturated rings. The lowest BCUT2D eigenvalue weighted by Gasteiger charge is -2.47. The highest BCUT2D eigenvalue weighted by atomic mass is 32.1. The number of nitrogens with zero attached hydrogens (tertiary/aromatic N) is 3. The molecule has 1 aliphatic carbocycles. The van der Waals surface area contributed by atoms with Crippen molar-refractivity contribution in [3.8, 4) is 0 Å². The number of nitrogens with two attached hydrogens (primary N) is 1. The van der Waals surface area contributed by atoms with E-state index in [1.165, 1.54) is 24.1 Å². The fourth-order valence-electron chi connectivity index (χ4n) is 2.91. The number of fused-ring (bicyclic) bond motifs is 1. The minimum absolute atomic E-state index is 0.260. The molecule has 2 aromatic rings. The van der Waals surface area contributed by atoms with Gasteiger partial charge in [-0.25, -0.2) is 4.98 Å². The molecule has 6 heteroatoms. The second kappa shape index (κ2) is 5.42. The first-order valence-electron chi connectivity index (χ1n) is 7.51. The van der Waals surface area contributed by atoms with Crippen LogP contribution in [0.5, 0.6) is 0 Å². The molecule has 2 heterocycles. The van der Waals surface area contributed by atoms with Gasteiger partial charge >= 0.3 is 0 Å². The topological polar surface area (TPSA) is 67.1 Å². The van der Waals surface area contributed by atoms with Gasteiger partial charge < -0.3 is 16.0 Å². The lowest BCUT2D eigenvalue weighted by molar-refractivity contribution is 0.0738. The van der Waals surface area contributed by atoms with Crippen LogP contribution in [0.2, 0.25) is 0 Å². The van der Waals surface area contributed by atoms with E-state index in [0.29, 0.717) is 5.95 Å². The molecule has 0 amide bonds. The Labute approximate surface area is 129 Å². The molecule has 0 saturated heterocycles. The number of nitrogens with one attached hydrogen (secondary N) is 1. The molecule has 114 valence electrons. The van der Waals surface area contributed by atoms with Crippen molar-refractivity contribution in [3.63, 3.8) is 0 Å². The van der Waals surface area contributed by atoms with Crippen molar-refractivity contribution >= 4 is 33.3 Å². The quantitative estimate of drug-likeness (QED) is 0.889. The van der Waals surface area contributed by atoms with Crippen LogP contribution in [0.1, 0.15) is 31.1 Å². The van der Waals surface area contributed by atoms with E-state index in [1.54, 1.807) is 11.3 Å². The first-order chi connectivity index (χ1) is 10.0. The van der Waals surface area contributed by atoms with Gasteiger partial charge in [-0.05, 0) is 45.8 Å². The summed E-state index contributed by atoms with van der Waals surface area (Å²) >= 11 is 1.70. The van der Waals surface area contributed by atoms with Gasteiger partial charge in [0.1, 0.15) is 10.6 Å². The highest BCUT2D eigenvalue weighted by molar-refractivity contribution is 7.18. The van der Waals surface area contributed by atoms with Gasteiger partial charge in [0.2, 0.25) is 5.95 Å². The van der Waals surface area contributed by atoms with E-state index in [9.17, 15) is 0 Å².